The van der Waals surface area contributed by atoms with Gasteiger partial charge in [-0.15, -0.1) is 0 Å². The summed E-state index contributed by atoms with van der Waals surface area (Å²) in [4.78, 5) is 0. The third-order valence-electron chi connectivity index (χ3n) is 5.01. The Kier molecular flexibility index (Phi) is 5.64. The van der Waals surface area contributed by atoms with Crippen LogP contribution in [-0.2, 0) is 0 Å². The molecule has 2 heteroatoms. The number of hydrogen-bond acceptors (Lipinski definition) is 1. The monoisotopic (exact) mass is 440 g/mol. The van der Waals surface area contributed by atoms with Gasteiger partial charge < -0.3 is 4.74 Å². The van der Waals surface area contributed by atoms with Crippen LogP contribution in [-0.4, -0.2) is 7.11 Å². The molecule has 0 atom stereocenters. The van der Waals surface area contributed by atoms with Crippen LogP contribution < -0.4 is 4.74 Å². The molecule has 0 heterocycles. The van der Waals surface area contributed by atoms with Crippen LogP contribution in [0.3, 0.4) is 0 Å². The largest absolute Gasteiger partial charge is 0.495 e. The summed E-state index contributed by atoms with van der Waals surface area (Å²) in [5.41, 5.74) is 7.69. The van der Waals surface area contributed by atoms with Crippen LogP contribution in [0.5, 0.6) is 5.75 Å². The first-order valence-corrected chi connectivity index (χ1v) is 10.3. The van der Waals surface area contributed by atoms with E-state index in [1.807, 2.05) is 30.3 Å². The van der Waals surface area contributed by atoms with Crippen molar-refractivity contribution in [3.05, 3.63) is 108 Å². The van der Waals surface area contributed by atoms with Crippen LogP contribution in [0, 0.1) is 0 Å². The Hall–Kier alpha value is -3.10. The van der Waals surface area contributed by atoms with Crippen molar-refractivity contribution in [3.8, 4) is 39.1 Å². The van der Waals surface area contributed by atoms with Crippen LogP contribution in [0.4, 0.5) is 0 Å². The minimum Gasteiger partial charge on any atom is -0.495 e. The predicted molar refractivity (Wildman–Crippen MR) is 127 cm³/mol. The molecule has 0 saturated carbocycles. The molecule has 0 bridgehead atoms. The molecule has 0 radical (unpaired) electrons. The number of ether oxygens (including phenoxy) is 1. The molecule has 0 aromatic heterocycles. The summed E-state index contributed by atoms with van der Waals surface area (Å²) in [5.74, 6) is 0.867. The van der Waals surface area contributed by atoms with E-state index in [0.29, 0.717) is 0 Å². The van der Waals surface area contributed by atoms with Crippen LogP contribution in [0.15, 0.2) is 102 Å². The number of hydrogen-bond donors (Lipinski definition) is 0. The predicted octanol–water partition coefficient (Wildman–Crippen LogP) is 8.10. The van der Waals surface area contributed by atoms with Crippen LogP contribution in [0.25, 0.3) is 39.5 Å². The summed E-state index contributed by atoms with van der Waals surface area (Å²) >= 11 is 3.54. The fraction of sp³-hybridized carbons (Fsp3) is 0.0370. The molecule has 4 aromatic carbocycles. The van der Waals surface area contributed by atoms with Crippen LogP contribution >= 0.6 is 15.9 Å². The molecular formula is C27H21BrO. The van der Waals surface area contributed by atoms with Gasteiger partial charge >= 0.3 is 0 Å². The molecule has 0 aliphatic heterocycles. The third-order valence-corrected chi connectivity index (χ3v) is 5.54. The van der Waals surface area contributed by atoms with Crippen molar-refractivity contribution in [1.82, 2.24) is 0 Å². The Bertz CT molecular complexity index is 1130. The molecule has 1 nitrogen and oxygen atoms in total. The van der Waals surface area contributed by atoms with Crippen molar-refractivity contribution in [2.75, 3.05) is 7.11 Å². The van der Waals surface area contributed by atoms with Crippen molar-refractivity contribution in [3.63, 3.8) is 0 Å². The first kappa shape index (κ1) is 19.2. The topological polar surface area (TPSA) is 9.23 Å². The van der Waals surface area contributed by atoms with Gasteiger partial charge in [0.05, 0.1) is 7.11 Å². The number of halogens is 1. The smallest absolute Gasteiger partial charge is 0.135 e. The van der Waals surface area contributed by atoms with Gasteiger partial charge in [-0.2, -0.15) is 0 Å². The van der Waals surface area contributed by atoms with Crippen molar-refractivity contribution in [2.45, 2.75) is 0 Å². The third kappa shape index (κ3) is 3.76. The summed E-state index contributed by atoms with van der Waals surface area (Å²) in [5, 5.41) is 0. The zero-order valence-electron chi connectivity index (χ0n) is 16.2. The van der Waals surface area contributed by atoms with E-state index in [4.69, 9.17) is 4.74 Å². The highest BCUT2D eigenvalue weighted by atomic mass is 79.9. The van der Waals surface area contributed by atoms with Gasteiger partial charge in [0.25, 0.3) is 0 Å². The molecule has 0 N–H and O–H groups in total. The second-order valence-corrected chi connectivity index (χ2v) is 7.66. The highest BCUT2D eigenvalue weighted by molar-refractivity contribution is 9.10. The molecule has 0 aliphatic carbocycles. The van der Waals surface area contributed by atoms with E-state index in [1.165, 1.54) is 0 Å². The Labute approximate surface area is 180 Å². The van der Waals surface area contributed by atoms with E-state index in [9.17, 15) is 0 Å². The first-order chi connectivity index (χ1) is 14.2. The minimum atomic E-state index is 0.867. The lowest BCUT2D eigenvalue weighted by Gasteiger charge is -2.21. The van der Waals surface area contributed by atoms with Gasteiger partial charge in [0, 0.05) is 21.2 Å². The van der Waals surface area contributed by atoms with Gasteiger partial charge in [-0.1, -0.05) is 101 Å². The minimum absolute atomic E-state index is 0.867. The van der Waals surface area contributed by atoms with Gasteiger partial charge in [0.1, 0.15) is 5.75 Å². The average molecular weight is 441 g/mol. The highest BCUT2D eigenvalue weighted by Gasteiger charge is 2.21. The van der Waals surface area contributed by atoms with E-state index >= 15 is 0 Å². The SMILES string of the molecule is C=Cc1cc(-c2ccccc2)c(OC)c(-c2ccccc2)c1-c1ccc(Br)cc1. The number of methoxy groups -OCH3 is 1. The highest BCUT2D eigenvalue weighted by Crippen LogP contribution is 2.47. The lowest BCUT2D eigenvalue weighted by Crippen LogP contribution is -1.98. The summed E-state index contributed by atoms with van der Waals surface area (Å²) < 4.78 is 7.08. The summed E-state index contributed by atoms with van der Waals surface area (Å²) in [6.45, 7) is 4.11. The molecule has 0 aliphatic rings. The molecule has 0 saturated heterocycles. The van der Waals surface area contributed by atoms with Gasteiger partial charge in [-0.3, -0.25) is 0 Å². The van der Waals surface area contributed by atoms with Crippen molar-refractivity contribution in [2.24, 2.45) is 0 Å². The second-order valence-electron chi connectivity index (χ2n) is 6.74. The molecule has 4 aromatic rings. The summed E-state index contributed by atoms with van der Waals surface area (Å²) in [6.07, 6.45) is 1.93. The van der Waals surface area contributed by atoms with Crippen LogP contribution in [0.1, 0.15) is 5.56 Å². The molecule has 142 valence electrons. The zero-order chi connectivity index (χ0) is 20.2. The van der Waals surface area contributed by atoms with Gasteiger partial charge in [0.15, 0.2) is 0 Å². The Morgan fingerprint density at radius 3 is 1.83 bits per heavy atom. The van der Waals surface area contributed by atoms with E-state index in [-0.39, 0.29) is 0 Å². The molecule has 4 rings (SSSR count). The van der Waals surface area contributed by atoms with Gasteiger partial charge in [-0.05, 0) is 40.5 Å². The van der Waals surface area contributed by atoms with E-state index in [1.54, 1.807) is 7.11 Å². The molecule has 0 unspecified atom stereocenters. The maximum absolute atomic E-state index is 6.03. The fourth-order valence-corrected chi connectivity index (χ4v) is 3.96. The van der Waals surface area contributed by atoms with Crippen molar-refractivity contribution >= 4 is 22.0 Å². The van der Waals surface area contributed by atoms with Gasteiger partial charge in [-0.25, -0.2) is 0 Å². The lowest BCUT2D eigenvalue weighted by atomic mass is 9.86. The van der Waals surface area contributed by atoms with Crippen molar-refractivity contribution < 1.29 is 4.74 Å². The lowest BCUT2D eigenvalue weighted by molar-refractivity contribution is 0.418. The Morgan fingerprint density at radius 1 is 0.724 bits per heavy atom. The van der Waals surface area contributed by atoms with E-state index in [0.717, 1.165) is 49.2 Å². The number of rotatable bonds is 5. The summed E-state index contributed by atoms with van der Waals surface area (Å²) in [7, 11) is 1.74. The Morgan fingerprint density at radius 2 is 1.28 bits per heavy atom. The molecule has 0 fully saturated rings. The summed E-state index contributed by atoms with van der Waals surface area (Å²) in [6, 6.07) is 31.3. The normalized spacial score (nSPS) is 10.6. The van der Waals surface area contributed by atoms with Crippen LogP contribution in [0.2, 0.25) is 0 Å². The van der Waals surface area contributed by atoms with E-state index < -0.39 is 0 Å². The van der Waals surface area contributed by atoms with Crippen molar-refractivity contribution in [1.29, 1.82) is 0 Å². The van der Waals surface area contributed by atoms with Gasteiger partial charge in [0.2, 0.25) is 0 Å². The number of benzene rings is 4. The zero-order valence-corrected chi connectivity index (χ0v) is 17.8. The molecule has 0 spiro atoms. The molecular weight excluding hydrogens is 420 g/mol. The quantitative estimate of drug-likeness (QED) is 0.304. The maximum Gasteiger partial charge on any atom is 0.135 e. The first-order valence-electron chi connectivity index (χ1n) is 9.47. The fourth-order valence-electron chi connectivity index (χ4n) is 3.70. The Balaban J connectivity index is 2.12. The molecule has 29 heavy (non-hydrogen) atoms. The second kappa shape index (κ2) is 8.50. The standard InChI is InChI=1S/C27H21BrO/c1-3-19-18-24(20-10-6-4-7-11-20)27(29-2)26(21-12-8-5-9-13-21)25(19)22-14-16-23(28)17-15-22/h3-18H,1H2,2H3. The van der Waals surface area contributed by atoms with E-state index in [2.05, 4.69) is 89.2 Å². The average Bonchev–Trinajstić information content (AvgIpc) is 2.79. The maximum atomic E-state index is 6.03. The molecule has 0 amide bonds.